The maximum Gasteiger partial charge on any atom is 0.288 e. The van der Waals surface area contributed by atoms with Gasteiger partial charge in [0.1, 0.15) is 5.02 Å². The summed E-state index contributed by atoms with van der Waals surface area (Å²) in [4.78, 5) is 34.0. The van der Waals surface area contributed by atoms with Crippen LogP contribution in [0.4, 0.5) is 5.69 Å². The van der Waals surface area contributed by atoms with Crippen LogP contribution in [0.2, 0.25) is 5.02 Å². The van der Waals surface area contributed by atoms with Crippen molar-refractivity contribution >= 4 is 28.9 Å². The third kappa shape index (κ3) is 5.74. The molecule has 0 fully saturated rings. The van der Waals surface area contributed by atoms with Crippen molar-refractivity contribution in [1.29, 1.82) is 0 Å². The van der Waals surface area contributed by atoms with E-state index < -0.39 is 4.92 Å². The van der Waals surface area contributed by atoms with Crippen molar-refractivity contribution in [3.63, 3.8) is 0 Å². The lowest BCUT2D eigenvalue weighted by atomic mass is 10.0. The fourth-order valence-corrected chi connectivity index (χ4v) is 3.08. The first-order valence-electron chi connectivity index (χ1n) is 9.66. The van der Waals surface area contributed by atoms with Crippen molar-refractivity contribution in [3.8, 4) is 0 Å². The average Bonchev–Trinajstić information content (AvgIpc) is 2.85. The van der Waals surface area contributed by atoms with Crippen LogP contribution in [0.5, 0.6) is 0 Å². The molecule has 0 aliphatic carbocycles. The first kappa shape index (κ1) is 22.6. The Kier molecular flexibility index (Phi) is 7.62. The van der Waals surface area contributed by atoms with Gasteiger partial charge in [0, 0.05) is 28.3 Å². The molecule has 0 saturated heterocycles. The minimum Gasteiger partial charge on any atom is -0.289 e. The standard InChI is InChI=1S/C13H8ClNO3.C13H10O/c14-11-7-6-10(8-12(11)15(17)18)13(16)9-4-2-1-3-5-9;14-13(11-7-3-1-4-8-11)12-9-5-2-6-10-12/h1-8H;1-10H. The molecule has 4 rings (SSSR count). The van der Waals surface area contributed by atoms with E-state index >= 15 is 0 Å². The minimum absolute atomic E-state index is 0.0182. The van der Waals surface area contributed by atoms with Crippen LogP contribution in [0.1, 0.15) is 31.8 Å². The monoisotopic (exact) mass is 443 g/mol. The Hall–Kier alpha value is -4.09. The van der Waals surface area contributed by atoms with E-state index in [1.807, 2.05) is 60.7 Å². The Bertz CT molecular complexity index is 1190. The molecule has 4 aromatic carbocycles. The summed E-state index contributed by atoms with van der Waals surface area (Å²) >= 11 is 5.69. The number of hydrogen-bond donors (Lipinski definition) is 0. The molecule has 158 valence electrons. The summed E-state index contributed by atoms with van der Waals surface area (Å²) in [6.07, 6.45) is 0. The third-order valence-corrected chi connectivity index (χ3v) is 4.83. The van der Waals surface area contributed by atoms with Crippen molar-refractivity contribution in [2.24, 2.45) is 0 Å². The number of benzene rings is 4. The van der Waals surface area contributed by atoms with E-state index in [-0.39, 0.29) is 27.8 Å². The van der Waals surface area contributed by atoms with Crippen molar-refractivity contribution in [2.75, 3.05) is 0 Å². The average molecular weight is 444 g/mol. The molecule has 0 radical (unpaired) electrons. The Morgan fingerprint density at radius 2 is 0.969 bits per heavy atom. The van der Waals surface area contributed by atoms with Gasteiger partial charge in [-0.3, -0.25) is 19.7 Å². The second kappa shape index (κ2) is 10.8. The second-order valence-corrected chi connectivity index (χ2v) is 7.09. The van der Waals surface area contributed by atoms with E-state index in [0.717, 1.165) is 11.1 Å². The summed E-state index contributed by atoms with van der Waals surface area (Å²) in [6, 6.07) is 31.2. The van der Waals surface area contributed by atoms with E-state index in [9.17, 15) is 19.7 Å². The van der Waals surface area contributed by atoms with Gasteiger partial charge in [-0.15, -0.1) is 0 Å². The highest BCUT2D eigenvalue weighted by Crippen LogP contribution is 2.26. The van der Waals surface area contributed by atoms with Crippen LogP contribution in [0, 0.1) is 10.1 Å². The SMILES string of the molecule is O=C(c1ccccc1)c1ccc(Cl)c([N+](=O)[O-])c1.O=C(c1ccccc1)c1ccccc1. The fourth-order valence-electron chi connectivity index (χ4n) is 2.90. The lowest BCUT2D eigenvalue weighted by Crippen LogP contribution is -2.02. The Labute approximate surface area is 190 Å². The lowest BCUT2D eigenvalue weighted by Gasteiger charge is -2.02. The number of carbonyl (C=O) groups excluding carboxylic acids is 2. The summed E-state index contributed by atoms with van der Waals surface area (Å²) in [5, 5.41) is 10.8. The predicted molar refractivity (Wildman–Crippen MR) is 124 cm³/mol. The number of ketones is 2. The molecule has 6 heteroatoms. The quantitative estimate of drug-likeness (QED) is 0.203. The first-order valence-corrected chi connectivity index (χ1v) is 10.0. The number of nitrogens with zero attached hydrogens (tertiary/aromatic N) is 1. The molecule has 0 N–H and O–H groups in total. The highest BCUT2D eigenvalue weighted by Gasteiger charge is 2.17. The number of nitro groups is 1. The normalized spacial score (nSPS) is 9.91. The zero-order valence-corrected chi connectivity index (χ0v) is 17.6. The van der Waals surface area contributed by atoms with Crippen LogP contribution in [0.15, 0.2) is 109 Å². The summed E-state index contributed by atoms with van der Waals surface area (Å²) in [5.41, 5.74) is 1.93. The molecule has 0 atom stereocenters. The number of rotatable bonds is 5. The number of nitro benzene ring substituents is 1. The summed E-state index contributed by atoms with van der Waals surface area (Å²) in [7, 11) is 0. The van der Waals surface area contributed by atoms with E-state index in [1.54, 1.807) is 30.3 Å². The van der Waals surface area contributed by atoms with Crippen molar-refractivity contribution in [3.05, 3.63) is 147 Å². The molecule has 0 saturated carbocycles. The van der Waals surface area contributed by atoms with Crippen LogP contribution in [-0.4, -0.2) is 16.5 Å². The maximum absolute atomic E-state index is 12.1. The van der Waals surface area contributed by atoms with Crippen LogP contribution < -0.4 is 0 Å². The molecular weight excluding hydrogens is 426 g/mol. The largest absolute Gasteiger partial charge is 0.289 e. The summed E-state index contributed by atoms with van der Waals surface area (Å²) in [6.45, 7) is 0. The van der Waals surface area contributed by atoms with Crippen molar-refractivity contribution < 1.29 is 14.5 Å². The van der Waals surface area contributed by atoms with Gasteiger partial charge in [0.05, 0.1) is 4.92 Å². The van der Waals surface area contributed by atoms with E-state index in [1.165, 1.54) is 18.2 Å². The highest BCUT2D eigenvalue weighted by molar-refractivity contribution is 6.32. The van der Waals surface area contributed by atoms with Gasteiger partial charge in [-0.05, 0) is 12.1 Å². The van der Waals surface area contributed by atoms with Crippen LogP contribution in [-0.2, 0) is 0 Å². The van der Waals surface area contributed by atoms with Gasteiger partial charge in [-0.2, -0.15) is 0 Å². The van der Waals surface area contributed by atoms with E-state index in [4.69, 9.17) is 11.6 Å². The first-order chi connectivity index (χ1) is 15.5. The molecule has 32 heavy (non-hydrogen) atoms. The molecule has 0 spiro atoms. The van der Waals surface area contributed by atoms with Gasteiger partial charge in [0.2, 0.25) is 0 Å². The molecule has 0 aromatic heterocycles. The van der Waals surface area contributed by atoms with Gasteiger partial charge >= 0.3 is 0 Å². The molecule has 0 aliphatic rings. The second-order valence-electron chi connectivity index (χ2n) is 6.68. The molecule has 5 nitrogen and oxygen atoms in total. The van der Waals surface area contributed by atoms with E-state index in [2.05, 4.69) is 0 Å². The Balaban J connectivity index is 0.000000186. The Morgan fingerprint density at radius 1 is 0.594 bits per heavy atom. The van der Waals surface area contributed by atoms with Crippen LogP contribution in [0.3, 0.4) is 0 Å². The van der Waals surface area contributed by atoms with E-state index in [0.29, 0.717) is 5.56 Å². The zero-order chi connectivity index (χ0) is 22.9. The van der Waals surface area contributed by atoms with Crippen LogP contribution in [0.25, 0.3) is 0 Å². The highest BCUT2D eigenvalue weighted by atomic mass is 35.5. The number of halogens is 1. The van der Waals surface area contributed by atoms with Crippen molar-refractivity contribution in [1.82, 2.24) is 0 Å². The number of hydrogen-bond acceptors (Lipinski definition) is 4. The lowest BCUT2D eigenvalue weighted by molar-refractivity contribution is -0.384. The molecule has 0 unspecified atom stereocenters. The minimum atomic E-state index is -0.607. The molecule has 0 aliphatic heterocycles. The summed E-state index contributed by atoms with van der Waals surface area (Å²) in [5.74, 6) is -0.193. The van der Waals surface area contributed by atoms with Gasteiger partial charge < -0.3 is 0 Å². The molecule has 0 heterocycles. The van der Waals surface area contributed by atoms with Crippen molar-refractivity contribution in [2.45, 2.75) is 0 Å². The summed E-state index contributed by atoms with van der Waals surface area (Å²) < 4.78 is 0. The molecule has 0 amide bonds. The van der Waals surface area contributed by atoms with Gasteiger partial charge in [-0.1, -0.05) is 103 Å². The Morgan fingerprint density at radius 3 is 1.34 bits per heavy atom. The maximum atomic E-state index is 12.1. The third-order valence-electron chi connectivity index (χ3n) is 4.51. The molecule has 0 bridgehead atoms. The van der Waals surface area contributed by atoms with Gasteiger partial charge in [-0.25, -0.2) is 0 Å². The van der Waals surface area contributed by atoms with Gasteiger partial charge in [0.25, 0.3) is 5.69 Å². The smallest absolute Gasteiger partial charge is 0.288 e. The topological polar surface area (TPSA) is 77.3 Å². The zero-order valence-electron chi connectivity index (χ0n) is 16.9. The number of carbonyl (C=O) groups is 2. The molecular formula is C26H18ClNO4. The molecule has 4 aromatic rings. The predicted octanol–water partition coefficient (Wildman–Crippen LogP) is 6.40. The fraction of sp³-hybridized carbons (Fsp3) is 0. The van der Waals surface area contributed by atoms with Crippen LogP contribution >= 0.6 is 11.6 Å². The van der Waals surface area contributed by atoms with Gasteiger partial charge in [0.15, 0.2) is 11.6 Å².